The van der Waals surface area contributed by atoms with E-state index in [-0.39, 0.29) is 18.1 Å². The molecule has 0 aliphatic rings. The molecule has 0 aliphatic carbocycles. The van der Waals surface area contributed by atoms with Crippen molar-refractivity contribution in [3.63, 3.8) is 0 Å². The molecule has 0 radical (unpaired) electrons. The van der Waals surface area contributed by atoms with E-state index in [0.29, 0.717) is 40.9 Å². The molecule has 3 aromatic rings. The Balaban J connectivity index is 1.69. The number of methoxy groups -OCH3 is 1. The van der Waals surface area contributed by atoms with Gasteiger partial charge in [0, 0.05) is 36.5 Å². The minimum absolute atomic E-state index is 0.149. The molecule has 3 rings (SSSR count). The van der Waals surface area contributed by atoms with Crippen molar-refractivity contribution in [1.29, 1.82) is 0 Å². The van der Waals surface area contributed by atoms with Crippen LogP contribution in [0.1, 0.15) is 10.4 Å². The molecular weight excluding hydrogens is 374 g/mol. The minimum atomic E-state index is -0.538. The van der Waals surface area contributed by atoms with Crippen molar-refractivity contribution in [2.45, 2.75) is 6.54 Å². The molecule has 0 saturated heterocycles. The lowest BCUT2D eigenvalue weighted by atomic mass is 10.1. The Hall–Kier alpha value is -3.65. The van der Waals surface area contributed by atoms with Crippen LogP contribution in [0.5, 0.6) is 5.75 Å². The van der Waals surface area contributed by atoms with E-state index in [4.69, 9.17) is 15.2 Å². The Kier molecular flexibility index (Phi) is 6.25. The molecule has 0 fully saturated rings. The number of nitrogens with two attached hydrogens (primary N) is 1. The van der Waals surface area contributed by atoms with Gasteiger partial charge in [0.05, 0.1) is 12.0 Å². The number of rotatable bonds is 8. The number of anilines is 1. The van der Waals surface area contributed by atoms with Crippen molar-refractivity contribution in [2.75, 3.05) is 25.6 Å². The van der Waals surface area contributed by atoms with E-state index >= 15 is 0 Å². The fraction of sp³-hybridized carbons (Fsp3) is 0.190. The molecule has 1 heterocycles. The van der Waals surface area contributed by atoms with Crippen LogP contribution in [0.4, 0.5) is 5.69 Å². The molecule has 2 aromatic carbocycles. The van der Waals surface area contributed by atoms with Crippen LogP contribution < -0.4 is 21.3 Å². The van der Waals surface area contributed by atoms with Gasteiger partial charge in [-0.1, -0.05) is 6.07 Å². The Bertz CT molecular complexity index is 1090. The lowest BCUT2D eigenvalue weighted by Gasteiger charge is -2.11. The summed E-state index contributed by atoms with van der Waals surface area (Å²) in [7, 11) is 1.58. The summed E-state index contributed by atoms with van der Waals surface area (Å²) in [5, 5.41) is 3.81. The zero-order chi connectivity index (χ0) is 20.8. The molecule has 0 saturated carbocycles. The predicted octanol–water partition coefficient (Wildman–Crippen LogP) is 1.76. The predicted molar refractivity (Wildman–Crippen MR) is 109 cm³/mol. The van der Waals surface area contributed by atoms with E-state index in [2.05, 4.69) is 5.32 Å². The number of primary amides is 1. The molecule has 8 heteroatoms. The average Bonchev–Trinajstić information content (AvgIpc) is 2.72. The number of nitrogens with one attached hydrogen (secondary N) is 1. The number of amides is 2. The summed E-state index contributed by atoms with van der Waals surface area (Å²) in [6, 6.07) is 13.1. The van der Waals surface area contributed by atoms with Gasteiger partial charge in [-0.25, -0.2) is 0 Å². The molecule has 0 unspecified atom stereocenters. The standard InChI is InChI=1S/C21H21N3O5/c1-28-12-11-24-10-9-16-17(21(24)27)3-2-4-18(16)29-13-19(25)23-15-7-5-14(6-8-15)20(22)26/h2-10H,11-13H2,1H3,(H2,22,26)(H,23,25). The first-order valence-corrected chi connectivity index (χ1v) is 8.93. The summed E-state index contributed by atoms with van der Waals surface area (Å²) in [6.45, 7) is 0.652. The van der Waals surface area contributed by atoms with Crippen LogP contribution in [0.15, 0.2) is 59.5 Å². The Morgan fingerprint density at radius 2 is 1.83 bits per heavy atom. The zero-order valence-corrected chi connectivity index (χ0v) is 15.9. The number of aromatic nitrogens is 1. The fourth-order valence-corrected chi connectivity index (χ4v) is 2.84. The first-order chi connectivity index (χ1) is 14.0. The molecular formula is C21H21N3O5. The quantitative estimate of drug-likeness (QED) is 0.604. The van der Waals surface area contributed by atoms with Gasteiger partial charge < -0.3 is 25.1 Å². The van der Waals surface area contributed by atoms with Gasteiger partial charge in [0.1, 0.15) is 5.75 Å². The van der Waals surface area contributed by atoms with Crippen LogP contribution in [0, 0.1) is 0 Å². The Morgan fingerprint density at radius 3 is 2.52 bits per heavy atom. The molecule has 1 aromatic heterocycles. The van der Waals surface area contributed by atoms with Crippen molar-refractivity contribution in [3.05, 3.63) is 70.6 Å². The maximum atomic E-state index is 12.6. The fourth-order valence-electron chi connectivity index (χ4n) is 2.84. The summed E-state index contributed by atoms with van der Waals surface area (Å²) in [4.78, 5) is 35.8. The first kappa shape index (κ1) is 20.1. The summed E-state index contributed by atoms with van der Waals surface area (Å²) < 4.78 is 12.2. The van der Waals surface area contributed by atoms with Crippen LogP contribution in [0.3, 0.4) is 0 Å². The maximum absolute atomic E-state index is 12.6. The second-order valence-electron chi connectivity index (χ2n) is 6.30. The van der Waals surface area contributed by atoms with E-state index in [9.17, 15) is 14.4 Å². The number of benzene rings is 2. The van der Waals surface area contributed by atoms with Crippen molar-refractivity contribution < 1.29 is 19.1 Å². The van der Waals surface area contributed by atoms with Crippen molar-refractivity contribution in [3.8, 4) is 5.75 Å². The number of hydrogen-bond acceptors (Lipinski definition) is 5. The van der Waals surface area contributed by atoms with E-state index in [1.165, 1.54) is 12.1 Å². The molecule has 2 amide bonds. The molecule has 150 valence electrons. The number of fused-ring (bicyclic) bond motifs is 1. The topological polar surface area (TPSA) is 113 Å². The van der Waals surface area contributed by atoms with Crippen LogP contribution in [-0.2, 0) is 16.1 Å². The third-order valence-electron chi connectivity index (χ3n) is 4.33. The number of ether oxygens (including phenoxy) is 2. The number of pyridine rings is 1. The average molecular weight is 395 g/mol. The molecule has 8 nitrogen and oxygen atoms in total. The smallest absolute Gasteiger partial charge is 0.262 e. The second-order valence-corrected chi connectivity index (χ2v) is 6.30. The zero-order valence-electron chi connectivity index (χ0n) is 15.9. The third-order valence-corrected chi connectivity index (χ3v) is 4.33. The van der Waals surface area contributed by atoms with Crippen molar-refractivity contribution >= 4 is 28.3 Å². The maximum Gasteiger partial charge on any atom is 0.262 e. The van der Waals surface area contributed by atoms with E-state index in [1.54, 1.807) is 54.3 Å². The number of carbonyl (C=O) groups is 2. The highest BCUT2D eigenvalue weighted by molar-refractivity contribution is 5.95. The summed E-state index contributed by atoms with van der Waals surface area (Å²) in [5.41, 5.74) is 5.91. The van der Waals surface area contributed by atoms with Gasteiger partial charge >= 0.3 is 0 Å². The third kappa shape index (κ3) is 4.80. The molecule has 29 heavy (non-hydrogen) atoms. The Labute approximate surface area is 166 Å². The van der Waals surface area contributed by atoms with Crippen molar-refractivity contribution in [2.24, 2.45) is 5.73 Å². The van der Waals surface area contributed by atoms with E-state index in [1.807, 2.05) is 0 Å². The van der Waals surface area contributed by atoms with Crippen LogP contribution in [-0.4, -0.2) is 36.7 Å². The summed E-state index contributed by atoms with van der Waals surface area (Å²) in [6.07, 6.45) is 1.68. The van der Waals surface area contributed by atoms with E-state index < -0.39 is 5.91 Å². The summed E-state index contributed by atoms with van der Waals surface area (Å²) in [5.74, 6) is -0.469. The lowest BCUT2D eigenvalue weighted by molar-refractivity contribution is -0.118. The molecule has 0 aliphatic heterocycles. The first-order valence-electron chi connectivity index (χ1n) is 8.93. The molecule has 0 bridgehead atoms. The van der Waals surface area contributed by atoms with Gasteiger partial charge in [-0.15, -0.1) is 0 Å². The minimum Gasteiger partial charge on any atom is -0.483 e. The van der Waals surface area contributed by atoms with Gasteiger partial charge in [0.15, 0.2) is 6.61 Å². The molecule has 3 N–H and O–H groups in total. The Morgan fingerprint density at radius 1 is 1.07 bits per heavy atom. The van der Waals surface area contributed by atoms with Crippen LogP contribution in [0.2, 0.25) is 0 Å². The van der Waals surface area contributed by atoms with Crippen LogP contribution in [0.25, 0.3) is 10.8 Å². The van der Waals surface area contributed by atoms with E-state index in [0.717, 1.165) is 0 Å². The highest BCUT2D eigenvalue weighted by Gasteiger charge is 2.10. The highest BCUT2D eigenvalue weighted by Crippen LogP contribution is 2.23. The molecule has 0 spiro atoms. The molecule has 0 atom stereocenters. The van der Waals surface area contributed by atoms with Gasteiger partial charge in [-0.2, -0.15) is 0 Å². The normalized spacial score (nSPS) is 10.7. The number of hydrogen-bond donors (Lipinski definition) is 2. The SMILES string of the molecule is COCCn1ccc2c(OCC(=O)Nc3ccc(C(N)=O)cc3)cccc2c1=O. The highest BCUT2D eigenvalue weighted by atomic mass is 16.5. The lowest BCUT2D eigenvalue weighted by Crippen LogP contribution is -2.22. The number of carbonyl (C=O) groups excluding carboxylic acids is 2. The van der Waals surface area contributed by atoms with Gasteiger partial charge in [0.25, 0.3) is 11.5 Å². The van der Waals surface area contributed by atoms with Gasteiger partial charge in [-0.05, 0) is 42.5 Å². The van der Waals surface area contributed by atoms with Gasteiger partial charge in [0.2, 0.25) is 5.91 Å². The van der Waals surface area contributed by atoms with Crippen LogP contribution >= 0.6 is 0 Å². The monoisotopic (exact) mass is 395 g/mol. The largest absolute Gasteiger partial charge is 0.483 e. The summed E-state index contributed by atoms with van der Waals surface area (Å²) >= 11 is 0. The van der Waals surface area contributed by atoms with Gasteiger partial charge in [-0.3, -0.25) is 14.4 Å². The second kappa shape index (κ2) is 9.03. The number of nitrogens with zero attached hydrogens (tertiary/aromatic N) is 1. The van der Waals surface area contributed by atoms with Crippen molar-refractivity contribution in [1.82, 2.24) is 4.57 Å².